The number of ether oxygens (including phenoxy) is 1. The van der Waals surface area contributed by atoms with Crippen molar-refractivity contribution in [1.29, 1.82) is 0 Å². The van der Waals surface area contributed by atoms with Crippen molar-refractivity contribution >= 4 is 33.4 Å². The maximum atomic E-state index is 13.1. The Hall–Kier alpha value is -3.24. The normalized spacial score (nSPS) is 15.5. The Morgan fingerprint density at radius 3 is 2.65 bits per heavy atom. The molecule has 34 heavy (non-hydrogen) atoms. The molecule has 1 fully saturated rings. The van der Waals surface area contributed by atoms with E-state index in [1.54, 1.807) is 11.4 Å². The van der Waals surface area contributed by atoms with Gasteiger partial charge in [-0.2, -0.15) is 0 Å². The fourth-order valence-corrected chi connectivity index (χ4v) is 4.84. The summed E-state index contributed by atoms with van der Waals surface area (Å²) in [4.78, 5) is 50.7. The van der Waals surface area contributed by atoms with Crippen LogP contribution in [0.4, 0.5) is 0 Å². The topological polar surface area (TPSA) is 111 Å². The molecule has 1 aliphatic rings. The lowest BCUT2D eigenvalue weighted by Crippen LogP contribution is -2.43. The molecule has 2 N–H and O–H groups in total. The van der Waals surface area contributed by atoms with Crippen LogP contribution in [0.3, 0.4) is 0 Å². The Balaban J connectivity index is 1.39. The number of thiophene rings is 1. The van der Waals surface area contributed by atoms with E-state index in [4.69, 9.17) is 4.74 Å². The summed E-state index contributed by atoms with van der Waals surface area (Å²) in [5, 5.41) is 7.39. The number of carbonyl (C=O) groups is 2. The molecule has 2 aromatic heterocycles. The van der Waals surface area contributed by atoms with Gasteiger partial charge in [0, 0.05) is 32.7 Å². The molecule has 0 unspecified atom stereocenters. The van der Waals surface area contributed by atoms with Crippen LogP contribution >= 0.6 is 11.3 Å². The maximum Gasteiger partial charge on any atom is 0.332 e. The number of carbonyl (C=O) groups excluding carboxylic acids is 2. The van der Waals surface area contributed by atoms with E-state index in [2.05, 4.69) is 10.6 Å². The minimum Gasteiger partial charge on any atom is -0.376 e. The molecule has 1 aliphatic heterocycles. The van der Waals surface area contributed by atoms with Gasteiger partial charge in [-0.3, -0.25) is 23.5 Å². The number of hydrogen-bond acceptors (Lipinski definition) is 6. The molecule has 0 aliphatic carbocycles. The second-order valence-corrected chi connectivity index (χ2v) is 9.18. The number of nitrogens with one attached hydrogen (secondary N) is 2. The van der Waals surface area contributed by atoms with E-state index in [1.165, 1.54) is 15.9 Å². The highest BCUT2D eigenvalue weighted by atomic mass is 32.1. The molecule has 4 rings (SSSR count). The van der Waals surface area contributed by atoms with Gasteiger partial charge in [-0.25, -0.2) is 4.79 Å². The number of amides is 2. The zero-order valence-electron chi connectivity index (χ0n) is 18.8. The smallest absolute Gasteiger partial charge is 0.332 e. The number of nitrogens with zero attached hydrogens (tertiary/aromatic N) is 2. The minimum absolute atomic E-state index is 0.00355. The summed E-state index contributed by atoms with van der Waals surface area (Å²) in [6.45, 7) is 1.44. The van der Waals surface area contributed by atoms with E-state index in [-0.39, 0.29) is 37.4 Å². The van der Waals surface area contributed by atoms with Crippen molar-refractivity contribution in [3.8, 4) is 0 Å². The monoisotopic (exact) mass is 484 g/mol. The van der Waals surface area contributed by atoms with E-state index >= 15 is 0 Å². The summed E-state index contributed by atoms with van der Waals surface area (Å²) < 4.78 is 8.38. The summed E-state index contributed by atoms with van der Waals surface area (Å²) in [5.74, 6) is -0.460. The fourth-order valence-electron chi connectivity index (χ4n) is 4.00. The van der Waals surface area contributed by atoms with Gasteiger partial charge >= 0.3 is 5.69 Å². The maximum absolute atomic E-state index is 13.1. The molecule has 2 amide bonds. The predicted octanol–water partition coefficient (Wildman–Crippen LogP) is 1.62. The quantitative estimate of drug-likeness (QED) is 0.454. The molecule has 1 atom stereocenters. The molecule has 3 heterocycles. The van der Waals surface area contributed by atoms with Gasteiger partial charge in [-0.1, -0.05) is 30.3 Å². The summed E-state index contributed by atoms with van der Waals surface area (Å²) in [5.41, 5.74) is 0.503. The van der Waals surface area contributed by atoms with Crippen LogP contribution in [0.25, 0.3) is 10.2 Å². The highest BCUT2D eigenvalue weighted by Crippen LogP contribution is 2.15. The first-order valence-corrected chi connectivity index (χ1v) is 12.3. The van der Waals surface area contributed by atoms with Crippen molar-refractivity contribution in [2.45, 2.75) is 51.4 Å². The zero-order valence-corrected chi connectivity index (χ0v) is 19.6. The highest BCUT2D eigenvalue weighted by Gasteiger charge is 2.19. The van der Waals surface area contributed by atoms with Gasteiger partial charge < -0.3 is 15.4 Å². The third kappa shape index (κ3) is 5.81. The van der Waals surface area contributed by atoms with Gasteiger partial charge in [0.05, 0.1) is 11.6 Å². The first kappa shape index (κ1) is 23.9. The summed E-state index contributed by atoms with van der Waals surface area (Å²) in [7, 11) is 0. The van der Waals surface area contributed by atoms with E-state index in [0.29, 0.717) is 36.3 Å². The van der Waals surface area contributed by atoms with Crippen LogP contribution in [0.15, 0.2) is 51.4 Å². The van der Waals surface area contributed by atoms with E-state index in [9.17, 15) is 19.2 Å². The van der Waals surface area contributed by atoms with Gasteiger partial charge in [-0.15, -0.1) is 11.3 Å². The number of aromatic nitrogens is 2. The van der Waals surface area contributed by atoms with E-state index < -0.39 is 11.2 Å². The molecule has 1 aromatic carbocycles. The van der Waals surface area contributed by atoms with Gasteiger partial charge in [0.1, 0.15) is 11.2 Å². The van der Waals surface area contributed by atoms with Gasteiger partial charge in [0.2, 0.25) is 11.8 Å². The largest absolute Gasteiger partial charge is 0.376 e. The van der Waals surface area contributed by atoms with Crippen LogP contribution < -0.4 is 21.9 Å². The molecular weight excluding hydrogens is 456 g/mol. The molecule has 0 bridgehead atoms. The van der Waals surface area contributed by atoms with Crippen LogP contribution in [-0.4, -0.2) is 40.2 Å². The second kappa shape index (κ2) is 11.3. The molecular formula is C24H28N4O5S. The average molecular weight is 485 g/mol. The Bertz CT molecular complexity index is 1260. The van der Waals surface area contributed by atoms with Crippen molar-refractivity contribution in [3.63, 3.8) is 0 Å². The van der Waals surface area contributed by atoms with Crippen LogP contribution in [-0.2, 0) is 34.0 Å². The molecule has 0 radical (unpaired) electrons. The number of fused-ring (bicyclic) bond motifs is 1. The SMILES string of the molecule is O=C(CCCn1c(=O)c2sccc2n(CC(=O)NC[C@@H]2CCCO2)c1=O)NCc1ccccc1. The molecule has 3 aromatic rings. The Morgan fingerprint density at radius 2 is 1.88 bits per heavy atom. The number of benzene rings is 1. The third-order valence-electron chi connectivity index (χ3n) is 5.81. The molecule has 1 saturated heterocycles. The summed E-state index contributed by atoms with van der Waals surface area (Å²) in [6.07, 6.45) is 2.40. The highest BCUT2D eigenvalue weighted by molar-refractivity contribution is 7.17. The molecule has 9 nitrogen and oxygen atoms in total. The van der Waals surface area contributed by atoms with Gasteiger partial charge in [0.15, 0.2) is 0 Å². The van der Waals surface area contributed by atoms with Gasteiger partial charge in [-0.05, 0) is 36.3 Å². The third-order valence-corrected chi connectivity index (χ3v) is 6.70. The van der Waals surface area contributed by atoms with Crippen molar-refractivity contribution in [2.75, 3.05) is 13.2 Å². The van der Waals surface area contributed by atoms with Crippen LogP contribution in [0.2, 0.25) is 0 Å². The van der Waals surface area contributed by atoms with Gasteiger partial charge in [0.25, 0.3) is 5.56 Å². The van der Waals surface area contributed by atoms with Crippen LogP contribution in [0.5, 0.6) is 0 Å². The lowest BCUT2D eigenvalue weighted by Gasteiger charge is -2.14. The van der Waals surface area contributed by atoms with Crippen molar-refractivity contribution < 1.29 is 14.3 Å². The Labute approximate surface area is 200 Å². The lowest BCUT2D eigenvalue weighted by molar-refractivity contribution is -0.122. The summed E-state index contributed by atoms with van der Waals surface area (Å²) >= 11 is 1.23. The molecule has 10 heteroatoms. The standard InChI is InChI=1S/C24H28N4O5S/c29-20(25-14-17-6-2-1-3-7-17)9-4-11-27-23(31)22-19(10-13-34-22)28(24(27)32)16-21(30)26-15-18-8-5-12-33-18/h1-3,6-7,10,13,18H,4-5,8-9,11-12,14-16H2,(H,25,29)(H,26,30)/t18-/m0/s1. The average Bonchev–Trinajstić information content (AvgIpc) is 3.54. The lowest BCUT2D eigenvalue weighted by atomic mass is 10.2. The first-order chi connectivity index (χ1) is 16.5. The molecule has 180 valence electrons. The fraction of sp³-hybridized carbons (Fsp3) is 0.417. The van der Waals surface area contributed by atoms with Crippen molar-refractivity contribution in [1.82, 2.24) is 19.8 Å². The molecule has 0 spiro atoms. The van der Waals surface area contributed by atoms with E-state index in [0.717, 1.165) is 23.0 Å². The predicted molar refractivity (Wildman–Crippen MR) is 130 cm³/mol. The molecule has 0 saturated carbocycles. The van der Waals surface area contributed by atoms with Crippen molar-refractivity contribution in [2.24, 2.45) is 0 Å². The van der Waals surface area contributed by atoms with Crippen molar-refractivity contribution in [3.05, 3.63) is 68.2 Å². The minimum atomic E-state index is -0.548. The second-order valence-electron chi connectivity index (χ2n) is 8.27. The van der Waals surface area contributed by atoms with Crippen LogP contribution in [0.1, 0.15) is 31.2 Å². The number of hydrogen-bond donors (Lipinski definition) is 2. The zero-order chi connectivity index (χ0) is 23.9. The van der Waals surface area contributed by atoms with E-state index in [1.807, 2.05) is 30.3 Å². The first-order valence-electron chi connectivity index (χ1n) is 11.4. The summed E-state index contributed by atoms with van der Waals surface area (Å²) in [6, 6.07) is 11.3. The Morgan fingerprint density at radius 1 is 1.06 bits per heavy atom. The number of rotatable bonds is 10. The Kier molecular flexibility index (Phi) is 7.91. The van der Waals surface area contributed by atoms with Crippen LogP contribution in [0, 0.1) is 0 Å².